The lowest BCUT2D eigenvalue weighted by Crippen LogP contribution is -2.45. The topological polar surface area (TPSA) is 49.6 Å². The molecule has 1 unspecified atom stereocenters. The number of hydrogen-bond donors (Lipinski definition) is 1. The summed E-state index contributed by atoms with van der Waals surface area (Å²) in [5.41, 5.74) is 5.50. The van der Waals surface area contributed by atoms with E-state index in [0.29, 0.717) is 10.6 Å². The molecule has 1 aliphatic heterocycles. The second-order valence-corrected chi connectivity index (χ2v) is 6.45. The zero-order chi connectivity index (χ0) is 13.8. The third kappa shape index (κ3) is 3.99. The van der Waals surface area contributed by atoms with Gasteiger partial charge in [-0.25, -0.2) is 4.39 Å². The van der Waals surface area contributed by atoms with Gasteiger partial charge in [-0.2, -0.15) is 0 Å². The van der Waals surface area contributed by atoms with Crippen molar-refractivity contribution in [3.63, 3.8) is 0 Å². The van der Waals surface area contributed by atoms with Gasteiger partial charge in [0.1, 0.15) is 5.82 Å². The number of benzene rings is 1. The third-order valence-corrected chi connectivity index (χ3v) is 4.76. The SMILES string of the molecule is CN1CCN(CCS(=O)c2ccc(N)c(F)c2)CC1. The molecule has 1 fully saturated rings. The molecule has 19 heavy (non-hydrogen) atoms. The molecule has 1 aromatic rings. The van der Waals surface area contributed by atoms with Crippen LogP contribution in [0.15, 0.2) is 23.1 Å². The molecule has 1 aliphatic rings. The van der Waals surface area contributed by atoms with Crippen molar-refractivity contribution >= 4 is 16.5 Å². The fourth-order valence-corrected chi connectivity index (χ4v) is 3.17. The highest BCUT2D eigenvalue weighted by Crippen LogP contribution is 2.15. The minimum atomic E-state index is -1.16. The Morgan fingerprint density at radius 3 is 2.63 bits per heavy atom. The Morgan fingerprint density at radius 1 is 1.32 bits per heavy atom. The molecule has 1 saturated heterocycles. The largest absolute Gasteiger partial charge is 0.396 e. The molecule has 1 heterocycles. The van der Waals surface area contributed by atoms with Crippen LogP contribution >= 0.6 is 0 Å². The van der Waals surface area contributed by atoms with E-state index in [9.17, 15) is 8.60 Å². The zero-order valence-corrected chi connectivity index (χ0v) is 12.0. The number of rotatable bonds is 4. The molecular formula is C13H20FN3OS. The summed E-state index contributed by atoms with van der Waals surface area (Å²) in [6.07, 6.45) is 0. The number of halogens is 1. The summed E-state index contributed by atoms with van der Waals surface area (Å²) in [5.74, 6) is 0.0398. The van der Waals surface area contributed by atoms with Crippen LogP contribution in [0.5, 0.6) is 0 Å². The smallest absolute Gasteiger partial charge is 0.147 e. The van der Waals surface area contributed by atoms with Crippen LogP contribution in [0.4, 0.5) is 10.1 Å². The summed E-state index contributed by atoms with van der Waals surface area (Å²) < 4.78 is 25.4. The van der Waals surface area contributed by atoms with Gasteiger partial charge in [0.25, 0.3) is 0 Å². The first-order valence-electron chi connectivity index (χ1n) is 6.40. The molecule has 1 atom stereocenters. The van der Waals surface area contributed by atoms with Crippen molar-refractivity contribution in [1.29, 1.82) is 0 Å². The van der Waals surface area contributed by atoms with Crippen molar-refractivity contribution in [2.24, 2.45) is 0 Å². The highest BCUT2D eigenvalue weighted by Gasteiger charge is 2.15. The second-order valence-electron chi connectivity index (χ2n) is 4.88. The zero-order valence-electron chi connectivity index (χ0n) is 11.1. The van der Waals surface area contributed by atoms with Crippen LogP contribution in [0, 0.1) is 5.82 Å². The molecule has 6 heteroatoms. The minimum absolute atomic E-state index is 0.0971. The van der Waals surface area contributed by atoms with E-state index in [-0.39, 0.29) is 5.69 Å². The molecule has 4 nitrogen and oxygen atoms in total. The Kier molecular flexibility index (Phi) is 4.90. The Balaban J connectivity index is 1.85. The first-order chi connectivity index (χ1) is 9.06. The maximum atomic E-state index is 13.3. The van der Waals surface area contributed by atoms with Gasteiger partial charge in [0.05, 0.1) is 16.5 Å². The van der Waals surface area contributed by atoms with Gasteiger partial charge in [0.2, 0.25) is 0 Å². The summed E-state index contributed by atoms with van der Waals surface area (Å²) >= 11 is 0. The maximum absolute atomic E-state index is 13.3. The van der Waals surface area contributed by atoms with Gasteiger partial charge in [-0.3, -0.25) is 9.11 Å². The van der Waals surface area contributed by atoms with Crippen molar-refractivity contribution < 1.29 is 8.60 Å². The quantitative estimate of drug-likeness (QED) is 0.830. The highest BCUT2D eigenvalue weighted by molar-refractivity contribution is 7.85. The molecule has 2 N–H and O–H groups in total. The molecule has 0 saturated carbocycles. The van der Waals surface area contributed by atoms with Crippen LogP contribution in [-0.2, 0) is 10.8 Å². The van der Waals surface area contributed by atoms with Crippen molar-refractivity contribution in [3.8, 4) is 0 Å². The van der Waals surface area contributed by atoms with E-state index in [1.54, 1.807) is 6.07 Å². The van der Waals surface area contributed by atoms with Crippen LogP contribution in [0.25, 0.3) is 0 Å². The molecule has 106 valence electrons. The lowest BCUT2D eigenvalue weighted by atomic mass is 10.3. The Labute approximate surface area is 115 Å². The normalized spacial score (nSPS) is 19.5. The lowest BCUT2D eigenvalue weighted by Gasteiger charge is -2.32. The molecule has 0 radical (unpaired) electrons. The predicted octanol–water partition coefficient (Wildman–Crippen LogP) is 0.763. The molecule has 0 bridgehead atoms. The van der Waals surface area contributed by atoms with E-state index in [0.717, 1.165) is 32.7 Å². The summed E-state index contributed by atoms with van der Waals surface area (Å²) in [6.45, 7) is 4.88. The fourth-order valence-electron chi connectivity index (χ4n) is 2.05. The van der Waals surface area contributed by atoms with E-state index < -0.39 is 16.6 Å². The van der Waals surface area contributed by atoms with Crippen molar-refractivity contribution in [2.75, 3.05) is 51.3 Å². The van der Waals surface area contributed by atoms with Crippen molar-refractivity contribution in [2.45, 2.75) is 4.90 Å². The Bertz CT molecular complexity index is 461. The standard InChI is InChI=1S/C13H20FN3OS/c1-16-4-6-17(7-5-16)8-9-19(18)11-2-3-13(15)12(14)10-11/h2-3,10H,4-9,15H2,1H3. The summed E-state index contributed by atoms with van der Waals surface area (Å²) in [6, 6.07) is 4.38. The molecule has 2 rings (SSSR count). The number of likely N-dealkylation sites (N-methyl/N-ethyl adjacent to an activating group) is 1. The third-order valence-electron chi connectivity index (χ3n) is 3.42. The van der Waals surface area contributed by atoms with Crippen LogP contribution in [-0.4, -0.2) is 59.5 Å². The molecule has 0 spiro atoms. The van der Waals surface area contributed by atoms with Gasteiger partial charge in [-0.15, -0.1) is 0 Å². The van der Waals surface area contributed by atoms with Crippen LogP contribution in [0.1, 0.15) is 0 Å². The molecule has 0 amide bonds. The van der Waals surface area contributed by atoms with E-state index in [2.05, 4.69) is 16.8 Å². The number of nitrogens with zero attached hydrogens (tertiary/aromatic N) is 2. The first kappa shape index (κ1) is 14.4. The van der Waals surface area contributed by atoms with Gasteiger partial charge in [0.15, 0.2) is 0 Å². The minimum Gasteiger partial charge on any atom is -0.396 e. The van der Waals surface area contributed by atoms with Gasteiger partial charge < -0.3 is 10.6 Å². The first-order valence-corrected chi connectivity index (χ1v) is 7.72. The number of nitrogen functional groups attached to an aromatic ring is 1. The fraction of sp³-hybridized carbons (Fsp3) is 0.538. The van der Waals surface area contributed by atoms with Gasteiger partial charge in [0, 0.05) is 43.4 Å². The second kappa shape index (κ2) is 6.45. The van der Waals surface area contributed by atoms with Crippen molar-refractivity contribution in [1.82, 2.24) is 9.80 Å². The summed E-state index contributed by atoms with van der Waals surface area (Å²) in [5, 5.41) is 0. The van der Waals surface area contributed by atoms with Gasteiger partial charge in [-0.1, -0.05) is 0 Å². The molecule has 0 aromatic heterocycles. The molecular weight excluding hydrogens is 265 g/mol. The summed E-state index contributed by atoms with van der Waals surface area (Å²) in [7, 11) is 0.941. The average molecular weight is 285 g/mol. The van der Waals surface area contributed by atoms with E-state index in [4.69, 9.17) is 5.73 Å². The number of nitrogens with two attached hydrogens (primary N) is 1. The molecule has 1 aromatic carbocycles. The van der Waals surface area contributed by atoms with E-state index >= 15 is 0 Å². The molecule has 0 aliphatic carbocycles. The predicted molar refractivity (Wildman–Crippen MR) is 76.0 cm³/mol. The van der Waals surface area contributed by atoms with Gasteiger partial charge >= 0.3 is 0 Å². The van der Waals surface area contributed by atoms with Gasteiger partial charge in [-0.05, 0) is 25.2 Å². The number of hydrogen-bond acceptors (Lipinski definition) is 4. The highest BCUT2D eigenvalue weighted by atomic mass is 32.2. The Hall–Kier alpha value is -0.980. The van der Waals surface area contributed by atoms with Crippen molar-refractivity contribution in [3.05, 3.63) is 24.0 Å². The monoisotopic (exact) mass is 285 g/mol. The Morgan fingerprint density at radius 2 is 2.00 bits per heavy atom. The average Bonchev–Trinajstić information content (AvgIpc) is 2.41. The maximum Gasteiger partial charge on any atom is 0.147 e. The number of piperazine rings is 1. The van der Waals surface area contributed by atoms with Crippen LogP contribution in [0.2, 0.25) is 0 Å². The van der Waals surface area contributed by atoms with E-state index in [1.807, 2.05) is 0 Å². The number of anilines is 1. The van der Waals surface area contributed by atoms with Crippen LogP contribution < -0.4 is 5.73 Å². The van der Waals surface area contributed by atoms with Crippen LogP contribution in [0.3, 0.4) is 0 Å². The lowest BCUT2D eigenvalue weighted by molar-refractivity contribution is 0.161. The van der Waals surface area contributed by atoms with E-state index in [1.165, 1.54) is 12.1 Å². The summed E-state index contributed by atoms with van der Waals surface area (Å²) in [4.78, 5) is 5.09.